The summed E-state index contributed by atoms with van der Waals surface area (Å²) in [5.74, 6) is 1.11. The molecule has 2 aromatic carbocycles. The zero-order valence-corrected chi connectivity index (χ0v) is 13.5. The number of methoxy groups -OCH3 is 2. The Hall–Kier alpha value is -1.59. The van der Waals surface area contributed by atoms with Gasteiger partial charge in [-0.1, -0.05) is 22.0 Å². The van der Waals surface area contributed by atoms with Gasteiger partial charge in [0.2, 0.25) is 0 Å². The van der Waals surface area contributed by atoms with Crippen LogP contribution in [0.5, 0.6) is 11.5 Å². The van der Waals surface area contributed by atoms with Crippen LogP contribution in [0.2, 0.25) is 0 Å². The molecule has 1 atom stereocenters. The summed E-state index contributed by atoms with van der Waals surface area (Å²) < 4.78 is 24.3. The van der Waals surface area contributed by atoms with Crippen LogP contribution in [0.15, 0.2) is 40.9 Å². The quantitative estimate of drug-likeness (QED) is 0.887. The smallest absolute Gasteiger partial charge is 0.124 e. The second kappa shape index (κ2) is 6.91. The molecule has 0 heterocycles. The maximum atomic E-state index is 13.1. The van der Waals surface area contributed by atoms with E-state index in [1.807, 2.05) is 12.1 Å². The van der Waals surface area contributed by atoms with Gasteiger partial charge in [0, 0.05) is 16.6 Å². The first kappa shape index (κ1) is 15.8. The summed E-state index contributed by atoms with van der Waals surface area (Å²) in [4.78, 5) is 0. The van der Waals surface area contributed by atoms with Crippen LogP contribution in [0.4, 0.5) is 4.39 Å². The van der Waals surface area contributed by atoms with Crippen LogP contribution < -0.4 is 15.2 Å². The molecule has 0 aliphatic rings. The van der Waals surface area contributed by atoms with Crippen molar-refractivity contribution in [3.8, 4) is 11.5 Å². The third kappa shape index (κ3) is 3.95. The Morgan fingerprint density at radius 1 is 1.10 bits per heavy atom. The summed E-state index contributed by atoms with van der Waals surface area (Å²) in [5.41, 5.74) is 8.11. The van der Waals surface area contributed by atoms with E-state index < -0.39 is 0 Å². The molecular formula is C16H17BrFNO2. The second-order valence-electron chi connectivity index (χ2n) is 4.69. The zero-order chi connectivity index (χ0) is 15.4. The van der Waals surface area contributed by atoms with Gasteiger partial charge in [0.05, 0.1) is 14.2 Å². The van der Waals surface area contributed by atoms with E-state index in [-0.39, 0.29) is 11.9 Å². The van der Waals surface area contributed by atoms with Crippen molar-refractivity contribution in [3.05, 3.63) is 57.8 Å². The van der Waals surface area contributed by atoms with Crippen molar-refractivity contribution in [2.75, 3.05) is 14.2 Å². The molecule has 3 nitrogen and oxygen atoms in total. The molecule has 0 bridgehead atoms. The Kier molecular flexibility index (Phi) is 5.20. The lowest BCUT2D eigenvalue weighted by atomic mass is 9.99. The number of nitrogens with two attached hydrogens (primary N) is 1. The van der Waals surface area contributed by atoms with Crippen LogP contribution in [-0.2, 0) is 6.42 Å². The van der Waals surface area contributed by atoms with Crippen LogP contribution in [-0.4, -0.2) is 14.2 Å². The Balaban J connectivity index is 2.25. The van der Waals surface area contributed by atoms with Gasteiger partial charge >= 0.3 is 0 Å². The topological polar surface area (TPSA) is 44.5 Å². The molecule has 112 valence electrons. The maximum absolute atomic E-state index is 13.1. The number of ether oxygens (including phenoxy) is 2. The summed E-state index contributed by atoms with van der Waals surface area (Å²) in [6.07, 6.45) is 0.581. The summed E-state index contributed by atoms with van der Waals surface area (Å²) in [5, 5.41) is 0. The van der Waals surface area contributed by atoms with E-state index in [9.17, 15) is 4.39 Å². The van der Waals surface area contributed by atoms with E-state index in [2.05, 4.69) is 15.9 Å². The zero-order valence-electron chi connectivity index (χ0n) is 11.9. The van der Waals surface area contributed by atoms with Crippen molar-refractivity contribution in [1.29, 1.82) is 0 Å². The minimum atomic E-state index is -0.276. The van der Waals surface area contributed by atoms with Gasteiger partial charge in [-0.05, 0) is 41.8 Å². The SMILES string of the molecule is COc1cc(OC)cc(C(N)Cc2ccc(F)cc2Br)c1. The fourth-order valence-corrected chi connectivity index (χ4v) is 2.60. The third-order valence-electron chi connectivity index (χ3n) is 3.26. The predicted molar refractivity (Wildman–Crippen MR) is 84.3 cm³/mol. The molecule has 2 N–H and O–H groups in total. The summed E-state index contributed by atoms with van der Waals surface area (Å²) in [6.45, 7) is 0. The molecule has 1 unspecified atom stereocenters. The van der Waals surface area contributed by atoms with Crippen molar-refractivity contribution in [3.63, 3.8) is 0 Å². The van der Waals surface area contributed by atoms with Crippen molar-refractivity contribution < 1.29 is 13.9 Å². The lowest BCUT2D eigenvalue weighted by Crippen LogP contribution is -2.14. The van der Waals surface area contributed by atoms with Crippen LogP contribution in [0.3, 0.4) is 0 Å². The first-order valence-corrected chi connectivity index (χ1v) is 7.25. The summed E-state index contributed by atoms with van der Waals surface area (Å²) in [6, 6.07) is 9.92. The van der Waals surface area contributed by atoms with Crippen LogP contribution in [0.25, 0.3) is 0 Å². The summed E-state index contributed by atoms with van der Waals surface area (Å²) >= 11 is 3.36. The van der Waals surface area contributed by atoms with Gasteiger partial charge in [-0.15, -0.1) is 0 Å². The number of benzene rings is 2. The van der Waals surface area contributed by atoms with Gasteiger partial charge in [-0.3, -0.25) is 0 Å². The largest absolute Gasteiger partial charge is 0.497 e. The minimum Gasteiger partial charge on any atom is -0.497 e. The van der Waals surface area contributed by atoms with Gasteiger partial charge in [0.15, 0.2) is 0 Å². The highest BCUT2D eigenvalue weighted by atomic mass is 79.9. The fourth-order valence-electron chi connectivity index (χ4n) is 2.09. The maximum Gasteiger partial charge on any atom is 0.124 e. The number of hydrogen-bond donors (Lipinski definition) is 1. The predicted octanol–water partition coefficient (Wildman–Crippen LogP) is 3.85. The van der Waals surface area contributed by atoms with Crippen molar-refractivity contribution in [2.45, 2.75) is 12.5 Å². The molecule has 0 radical (unpaired) electrons. The standard InChI is InChI=1S/C16H17BrFNO2/c1-20-13-5-11(6-14(9-13)21-2)16(19)7-10-3-4-12(18)8-15(10)17/h3-6,8-9,16H,7,19H2,1-2H3. The Morgan fingerprint density at radius 3 is 2.24 bits per heavy atom. The number of halogens is 2. The van der Waals surface area contributed by atoms with E-state index >= 15 is 0 Å². The molecular weight excluding hydrogens is 337 g/mol. The monoisotopic (exact) mass is 353 g/mol. The molecule has 0 aliphatic heterocycles. The molecule has 0 saturated carbocycles. The molecule has 2 aromatic rings. The van der Waals surface area contributed by atoms with E-state index in [1.165, 1.54) is 12.1 Å². The summed E-state index contributed by atoms with van der Waals surface area (Å²) in [7, 11) is 3.20. The molecule has 0 aromatic heterocycles. The van der Waals surface area contributed by atoms with Crippen molar-refractivity contribution in [2.24, 2.45) is 5.73 Å². The van der Waals surface area contributed by atoms with Crippen LogP contribution in [0.1, 0.15) is 17.2 Å². The van der Waals surface area contributed by atoms with E-state index in [4.69, 9.17) is 15.2 Å². The Morgan fingerprint density at radius 2 is 1.71 bits per heavy atom. The molecule has 0 fully saturated rings. The molecule has 0 spiro atoms. The van der Waals surface area contributed by atoms with E-state index in [0.717, 1.165) is 11.1 Å². The average Bonchev–Trinajstić information content (AvgIpc) is 2.49. The second-order valence-corrected chi connectivity index (χ2v) is 5.55. The van der Waals surface area contributed by atoms with E-state index in [0.29, 0.717) is 22.4 Å². The van der Waals surface area contributed by atoms with Crippen LogP contribution >= 0.6 is 15.9 Å². The van der Waals surface area contributed by atoms with Gasteiger partial charge in [-0.2, -0.15) is 0 Å². The van der Waals surface area contributed by atoms with Crippen molar-refractivity contribution in [1.82, 2.24) is 0 Å². The Bertz CT molecular complexity index is 611. The number of rotatable bonds is 5. The van der Waals surface area contributed by atoms with Gasteiger partial charge < -0.3 is 15.2 Å². The normalized spacial score (nSPS) is 12.0. The first-order chi connectivity index (χ1) is 10.0. The molecule has 0 saturated heterocycles. The fraction of sp³-hybridized carbons (Fsp3) is 0.250. The highest BCUT2D eigenvalue weighted by Crippen LogP contribution is 2.29. The molecule has 21 heavy (non-hydrogen) atoms. The van der Waals surface area contributed by atoms with Gasteiger partial charge in [-0.25, -0.2) is 4.39 Å². The lowest BCUT2D eigenvalue weighted by Gasteiger charge is -2.16. The van der Waals surface area contributed by atoms with Crippen LogP contribution in [0, 0.1) is 5.82 Å². The molecule has 5 heteroatoms. The van der Waals surface area contributed by atoms with Gasteiger partial charge in [0.25, 0.3) is 0 Å². The Labute approximate surface area is 132 Å². The first-order valence-electron chi connectivity index (χ1n) is 6.46. The number of hydrogen-bond acceptors (Lipinski definition) is 3. The van der Waals surface area contributed by atoms with Gasteiger partial charge in [0.1, 0.15) is 17.3 Å². The highest BCUT2D eigenvalue weighted by Gasteiger charge is 2.12. The minimum absolute atomic E-state index is 0.240. The molecule has 2 rings (SSSR count). The lowest BCUT2D eigenvalue weighted by molar-refractivity contribution is 0.392. The van der Waals surface area contributed by atoms with E-state index in [1.54, 1.807) is 26.4 Å². The average molecular weight is 354 g/mol. The molecule has 0 amide bonds. The third-order valence-corrected chi connectivity index (χ3v) is 4.00. The highest BCUT2D eigenvalue weighted by molar-refractivity contribution is 9.10. The van der Waals surface area contributed by atoms with Crippen molar-refractivity contribution >= 4 is 15.9 Å². The molecule has 0 aliphatic carbocycles.